The Kier molecular flexibility index (Phi) is 5.29. The van der Waals surface area contributed by atoms with Gasteiger partial charge in [-0.1, -0.05) is 6.07 Å². The van der Waals surface area contributed by atoms with Crippen molar-refractivity contribution in [1.82, 2.24) is 9.80 Å². The van der Waals surface area contributed by atoms with Gasteiger partial charge in [0.05, 0.1) is 18.8 Å². The van der Waals surface area contributed by atoms with Crippen LogP contribution >= 0.6 is 0 Å². The first kappa shape index (κ1) is 18.0. The van der Waals surface area contributed by atoms with E-state index < -0.39 is 0 Å². The molecule has 26 heavy (non-hydrogen) atoms. The summed E-state index contributed by atoms with van der Waals surface area (Å²) >= 11 is 0. The predicted octanol–water partition coefficient (Wildman–Crippen LogP) is 1.02. The molecule has 140 valence electrons. The van der Waals surface area contributed by atoms with Gasteiger partial charge in [0, 0.05) is 26.2 Å². The molecule has 3 rings (SSSR count). The Balaban J connectivity index is 1.62. The van der Waals surface area contributed by atoms with E-state index >= 15 is 0 Å². The van der Waals surface area contributed by atoms with E-state index in [2.05, 4.69) is 0 Å². The maximum atomic E-state index is 12.7. The SMILES string of the molecule is CCOC(=O)N1CCN(C(=O)CN2CC(=O)Oc3ccc(C)cc32)CC1. The van der Waals surface area contributed by atoms with E-state index in [4.69, 9.17) is 9.47 Å². The molecule has 0 saturated carbocycles. The molecular formula is C18H23N3O5. The zero-order valence-electron chi connectivity index (χ0n) is 15.1. The molecule has 1 saturated heterocycles. The van der Waals surface area contributed by atoms with Crippen molar-refractivity contribution in [3.05, 3.63) is 23.8 Å². The third kappa shape index (κ3) is 3.89. The van der Waals surface area contributed by atoms with E-state index in [1.54, 1.807) is 27.7 Å². The van der Waals surface area contributed by atoms with Crippen molar-refractivity contribution in [2.24, 2.45) is 0 Å². The van der Waals surface area contributed by atoms with Gasteiger partial charge in [-0.3, -0.25) is 4.79 Å². The van der Waals surface area contributed by atoms with Crippen LogP contribution in [0.1, 0.15) is 12.5 Å². The first-order valence-electron chi connectivity index (χ1n) is 8.73. The second-order valence-electron chi connectivity index (χ2n) is 6.37. The maximum Gasteiger partial charge on any atom is 0.409 e. The van der Waals surface area contributed by atoms with E-state index in [1.807, 2.05) is 19.1 Å². The van der Waals surface area contributed by atoms with Gasteiger partial charge in [0.1, 0.15) is 6.54 Å². The summed E-state index contributed by atoms with van der Waals surface area (Å²) in [6.07, 6.45) is -0.345. The van der Waals surface area contributed by atoms with Gasteiger partial charge in [-0.15, -0.1) is 0 Å². The van der Waals surface area contributed by atoms with E-state index in [-0.39, 0.29) is 31.1 Å². The summed E-state index contributed by atoms with van der Waals surface area (Å²) in [5.74, 6) is 0.0312. The molecule has 1 aromatic carbocycles. The Morgan fingerprint density at radius 1 is 1.15 bits per heavy atom. The Bertz CT molecular complexity index is 713. The Morgan fingerprint density at radius 2 is 1.85 bits per heavy atom. The highest BCUT2D eigenvalue weighted by Gasteiger charge is 2.29. The number of esters is 1. The first-order valence-corrected chi connectivity index (χ1v) is 8.73. The molecular weight excluding hydrogens is 338 g/mol. The Labute approximate surface area is 152 Å². The van der Waals surface area contributed by atoms with E-state index in [0.717, 1.165) is 11.3 Å². The number of benzene rings is 1. The minimum absolute atomic E-state index is 0.0466. The fourth-order valence-electron chi connectivity index (χ4n) is 3.11. The summed E-state index contributed by atoms with van der Waals surface area (Å²) in [5, 5.41) is 0. The molecule has 1 aromatic rings. The summed E-state index contributed by atoms with van der Waals surface area (Å²) in [5.41, 5.74) is 1.78. The molecule has 2 amide bonds. The lowest BCUT2D eigenvalue weighted by atomic mass is 10.1. The number of ether oxygens (including phenoxy) is 2. The van der Waals surface area contributed by atoms with Crippen LogP contribution in [0, 0.1) is 6.92 Å². The van der Waals surface area contributed by atoms with Crippen LogP contribution in [0.25, 0.3) is 0 Å². The average molecular weight is 361 g/mol. The van der Waals surface area contributed by atoms with Crippen molar-refractivity contribution in [2.45, 2.75) is 13.8 Å². The molecule has 8 nitrogen and oxygen atoms in total. The quantitative estimate of drug-likeness (QED) is 0.591. The smallest absolute Gasteiger partial charge is 0.409 e. The van der Waals surface area contributed by atoms with Crippen molar-refractivity contribution in [1.29, 1.82) is 0 Å². The third-order valence-corrected chi connectivity index (χ3v) is 4.48. The maximum absolute atomic E-state index is 12.7. The summed E-state index contributed by atoms with van der Waals surface area (Å²) in [6.45, 7) is 6.00. The van der Waals surface area contributed by atoms with Gasteiger partial charge in [-0.2, -0.15) is 0 Å². The van der Waals surface area contributed by atoms with Crippen LogP contribution in [0.5, 0.6) is 5.75 Å². The largest absolute Gasteiger partial charge is 0.450 e. The molecule has 0 radical (unpaired) electrons. The first-order chi connectivity index (χ1) is 12.5. The third-order valence-electron chi connectivity index (χ3n) is 4.48. The number of piperazine rings is 1. The summed E-state index contributed by atoms with van der Waals surface area (Å²) in [7, 11) is 0. The van der Waals surface area contributed by atoms with Gasteiger partial charge in [0.2, 0.25) is 5.91 Å². The lowest BCUT2D eigenvalue weighted by molar-refractivity contribution is -0.134. The van der Waals surface area contributed by atoms with E-state index in [1.165, 1.54) is 0 Å². The number of hydrogen-bond acceptors (Lipinski definition) is 6. The molecule has 0 aromatic heterocycles. The number of amides is 2. The van der Waals surface area contributed by atoms with Crippen molar-refractivity contribution in [3.63, 3.8) is 0 Å². The second-order valence-corrected chi connectivity index (χ2v) is 6.37. The van der Waals surface area contributed by atoms with Crippen LogP contribution in [-0.4, -0.2) is 73.6 Å². The molecule has 2 aliphatic rings. The highest BCUT2D eigenvalue weighted by Crippen LogP contribution is 2.32. The fourth-order valence-corrected chi connectivity index (χ4v) is 3.11. The van der Waals surface area contributed by atoms with Crippen LogP contribution < -0.4 is 9.64 Å². The van der Waals surface area contributed by atoms with Crippen LogP contribution in [0.2, 0.25) is 0 Å². The summed E-state index contributed by atoms with van der Waals surface area (Å²) in [6, 6.07) is 5.52. The zero-order valence-corrected chi connectivity index (χ0v) is 15.1. The monoisotopic (exact) mass is 361 g/mol. The summed E-state index contributed by atoms with van der Waals surface area (Å²) in [4.78, 5) is 41.3. The standard InChI is InChI=1S/C18H23N3O5/c1-3-25-18(24)20-8-6-19(7-9-20)16(22)11-21-12-17(23)26-15-5-4-13(2)10-14(15)21/h4-5,10H,3,6-9,11-12H2,1-2H3. The number of hydrogen-bond donors (Lipinski definition) is 0. The van der Waals surface area contributed by atoms with Crippen LogP contribution in [0.4, 0.5) is 10.5 Å². The molecule has 0 atom stereocenters. The van der Waals surface area contributed by atoms with Crippen molar-refractivity contribution in [3.8, 4) is 5.75 Å². The molecule has 0 unspecified atom stereocenters. The van der Waals surface area contributed by atoms with Gasteiger partial charge in [-0.05, 0) is 31.5 Å². The lowest BCUT2D eigenvalue weighted by Crippen LogP contribution is -2.53. The number of rotatable bonds is 3. The lowest BCUT2D eigenvalue weighted by Gasteiger charge is -2.36. The van der Waals surface area contributed by atoms with Gasteiger partial charge in [0.25, 0.3) is 0 Å². The van der Waals surface area contributed by atoms with Gasteiger partial charge in [0.15, 0.2) is 5.75 Å². The zero-order chi connectivity index (χ0) is 18.7. The Morgan fingerprint density at radius 3 is 2.54 bits per heavy atom. The number of carbonyl (C=O) groups is 3. The Hall–Kier alpha value is -2.77. The highest BCUT2D eigenvalue weighted by molar-refractivity contribution is 5.89. The molecule has 0 aliphatic carbocycles. The number of carbonyl (C=O) groups excluding carboxylic acids is 3. The van der Waals surface area contributed by atoms with Crippen LogP contribution in [0.15, 0.2) is 18.2 Å². The highest BCUT2D eigenvalue weighted by atomic mass is 16.6. The minimum atomic E-state index is -0.374. The fraction of sp³-hybridized carbons (Fsp3) is 0.500. The van der Waals surface area contributed by atoms with E-state index in [9.17, 15) is 14.4 Å². The average Bonchev–Trinajstić information content (AvgIpc) is 2.62. The summed E-state index contributed by atoms with van der Waals surface area (Å²) < 4.78 is 10.2. The number of aryl methyl sites for hydroxylation is 1. The van der Waals surface area contributed by atoms with Gasteiger partial charge >= 0.3 is 12.1 Å². The molecule has 8 heteroatoms. The van der Waals surface area contributed by atoms with Crippen LogP contribution in [0.3, 0.4) is 0 Å². The minimum Gasteiger partial charge on any atom is -0.450 e. The second kappa shape index (κ2) is 7.63. The topological polar surface area (TPSA) is 79.4 Å². The molecule has 0 bridgehead atoms. The molecule has 2 aliphatic heterocycles. The van der Waals surface area contributed by atoms with Crippen molar-refractivity contribution < 1.29 is 23.9 Å². The van der Waals surface area contributed by atoms with Crippen LogP contribution in [-0.2, 0) is 14.3 Å². The van der Waals surface area contributed by atoms with Crippen molar-refractivity contribution in [2.75, 3.05) is 50.8 Å². The normalized spacial score (nSPS) is 16.8. The van der Waals surface area contributed by atoms with E-state index in [0.29, 0.717) is 38.5 Å². The molecule has 1 fully saturated rings. The molecule has 0 N–H and O–H groups in total. The predicted molar refractivity (Wildman–Crippen MR) is 94.2 cm³/mol. The number of fused-ring (bicyclic) bond motifs is 1. The molecule has 0 spiro atoms. The molecule has 2 heterocycles. The van der Waals surface area contributed by atoms with Gasteiger partial charge in [-0.25, -0.2) is 9.59 Å². The number of anilines is 1. The number of nitrogens with zero attached hydrogens (tertiary/aromatic N) is 3. The van der Waals surface area contributed by atoms with Crippen molar-refractivity contribution >= 4 is 23.7 Å². The van der Waals surface area contributed by atoms with Gasteiger partial charge < -0.3 is 24.2 Å².